The molecule has 2 rings (SSSR count). The Labute approximate surface area is 131 Å². The van der Waals surface area contributed by atoms with Crippen LogP contribution in [0.4, 0.5) is 4.39 Å². The third-order valence-corrected chi connectivity index (χ3v) is 4.08. The van der Waals surface area contributed by atoms with Gasteiger partial charge in [-0.15, -0.1) is 0 Å². The number of nitrogens with one attached hydrogen (secondary N) is 1. The normalized spacial score (nSPS) is 15.2. The van der Waals surface area contributed by atoms with Gasteiger partial charge in [0.25, 0.3) is 0 Å². The first-order chi connectivity index (χ1) is 10.7. The van der Waals surface area contributed by atoms with Crippen LogP contribution in [-0.4, -0.2) is 43.1 Å². The second kappa shape index (κ2) is 8.73. The van der Waals surface area contributed by atoms with Crippen LogP contribution in [-0.2, 0) is 4.79 Å². The highest BCUT2D eigenvalue weighted by atomic mass is 19.1. The Balaban J connectivity index is 1.64. The van der Waals surface area contributed by atoms with Gasteiger partial charge in [0.2, 0.25) is 5.91 Å². The Bertz CT molecular complexity index is 475. The minimum atomic E-state index is -0.323. The van der Waals surface area contributed by atoms with Crippen molar-refractivity contribution < 1.29 is 13.9 Å². The van der Waals surface area contributed by atoms with Crippen LogP contribution >= 0.6 is 0 Å². The molecule has 0 spiro atoms. The van der Waals surface area contributed by atoms with Crippen molar-refractivity contribution in [2.24, 2.45) is 0 Å². The molecular formula is C17H25FN2O2. The van der Waals surface area contributed by atoms with Gasteiger partial charge in [0.15, 0.2) is 0 Å². The second-order valence-electron chi connectivity index (χ2n) is 5.66. The summed E-state index contributed by atoms with van der Waals surface area (Å²) in [6.07, 6.45) is 4.93. The van der Waals surface area contributed by atoms with E-state index in [1.807, 2.05) is 0 Å². The number of halogens is 1. The van der Waals surface area contributed by atoms with Crippen LogP contribution in [0.2, 0.25) is 0 Å². The molecule has 0 unspecified atom stereocenters. The van der Waals surface area contributed by atoms with Crippen LogP contribution < -0.4 is 10.1 Å². The highest BCUT2D eigenvalue weighted by Gasteiger charge is 2.22. The molecule has 1 N–H and O–H groups in total. The van der Waals surface area contributed by atoms with E-state index in [1.54, 1.807) is 12.1 Å². The molecule has 0 atom stereocenters. The fourth-order valence-corrected chi connectivity index (χ4v) is 2.92. The summed E-state index contributed by atoms with van der Waals surface area (Å²) in [4.78, 5) is 14.2. The van der Waals surface area contributed by atoms with Crippen LogP contribution in [0.25, 0.3) is 0 Å². The Hall–Kier alpha value is -1.62. The molecule has 0 bridgehead atoms. The monoisotopic (exact) mass is 308 g/mol. The van der Waals surface area contributed by atoms with Gasteiger partial charge in [-0.2, -0.15) is 0 Å². The predicted octanol–water partition coefficient (Wildman–Crippen LogP) is 2.59. The predicted molar refractivity (Wildman–Crippen MR) is 84.4 cm³/mol. The third kappa shape index (κ3) is 5.30. The van der Waals surface area contributed by atoms with Crippen LogP contribution in [0.15, 0.2) is 24.3 Å². The lowest BCUT2D eigenvalue weighted by atomic mass is 10.2. The number of hydrogen-bond acceptors (Lipinski definition) is 3. The molecule has 4 nitrogen and oxygen atoms in total. The molecule has 0 heterocycles. The molecule has 22 heavy (non-hydrogen) atoms. The number of nitrogens with zero attached hydrogens (tertiary/aromatic N) is 1. The number of rotatable bonds is 8. The first kappa shape index (κ1) is 16.7. The summed E-state index contributed by atoms with van der Waals surface area (Å²) >= 11 is 0. The first-order valence-corrected chi connectivity index (χ1v) is 8.08. The lowest BCUT2D eigenvalue weighted by Gasteiger charge is -2.26. The van der Waals surface area contributed by atoms with Gasteiger partial charge in [-0.1, -0.05) is 25.8 Å². The van der Waals surface area contributed by atoms with E-state index in [0.717, 1.165) is 6.54 Å². The molecule has 1 aromatic carbocycles. The van der Waals surface area contributed by atoms with E-state index in [4.69, 9.17) is 4.74 Å². The van der Waals surface area contributed by atoms with Crippen molar-refractivity contribution in [3.05, 3.63) is 30.1 Å². The number of benzene rings is 1. The van der Waals surface area contributed by atoms with E-state index in [2.05, 4.69) is 17.1 Å². The molecule has 5 heteroatoms. The molecule has 0 aliphatic heterocycles. The molecule has 0 radical (unpaired) electrons. The maximum absolute atomic E-state index is 13.0. The minimum absolute atomic E-state index is 0.0246. The summed E-state index contributed by atoms with van der Waals surface area (Å²) < 4.78 is 18.4. The van der Waals surface area contributed by atoms with Crippen LogP contribution in [0.5, 0.6) is 5.75 Å². The summed E-state index contributed by atoms with van der Waals surface area (Å²) in [5.41, 5.74) is 0. The molecule has 1 saturated carbocycles. The van der Waals surface area contributed by atoms with Crippen molar-refractivity contribution in [3.63, 3.8) is 0 Å². The lowest BCUT2D eigenvalue weighted by molar-refractivity contribution is -0.122. The zero-order valence-electron chi connectivity index (χ0n) is 13.2. The second-order valence-corrected chi connectivity index (χ2v) is 5.66. The van der Waals surface area contributed by atoms with E-state index in [-0.39, 0.29) is 11.7 Å². The smallest absolute Gasteiger partial charge is 0.234 e. The molecule has 0 saturated heterocycles. The Morgan fingerprint density at radius 1 is 1.41 bits per heavy atom. The highest BCUT2D eigenvalue weighted by molar-refractivity contribution is 5.78. The molecule has 1 aliphatic rings. The SMILES string of the molecule is CCN(CC(=O)NCCOc1cccc(F)c1)C1CCCC1. The van der Waals surface area contributed by atoms with Crippen molar-refractivity contribution in [2.75, 3.05) is 26.2 Å². The van der Waals surface area contributed by atoms with Gasteiger partial charge in [0.05, 0.1) is 13.1 Å². The summed E-state index contributed by atoms with van der Waals surface area (Å²) in [7, 11) is 0. The largest absolute Gasteiger partial charge is 0.492 e. The van der Waals surface area contributed by atoms with Gasteiger partial charge in [-0.25, -0.2) is 4.39 Å². The molecular weight excluding hydrogens is 283 g/mol. The van der Waals surface area contributed by atoms with E-state index in [0.29, 0.717) is 31.5 Å². The van der Waals surface area contributed by atoms with Gasteiger partial charge in [-0.3, -0.25) is 9.69 Å². The zero-order valence-corrected chi connectivity index (χ0v) is 13.2. The Morgan fingerprint density at radius 2 is 2.18 bits per heavy atom. The molecule has 1 amide bonds. The summed E-state index contributed by atoms with van der Waals surface area (Å²) in [5, 5.41) is 2.86. The maximum Gasteiger partial charge on any atom is 0.234 e. The molecule has 122 valence electrons. The van der Waals surface area contributed by atoms with E-state index < -0.39 is 0 Å². The average Bonchev–Trinajstić information content (AvgIpc) is 3.03. The number of likely N-dealkylation sites (N-methyl/N-ethyl adjacent to an activating group) is 1. The van der Waals surface area contributed by atoms with Crippen LogP contribution in [0.1, 0.15) is 32.6 Å². The topological polar surface area (TPSA) is 41.6 Å². The van der Waals surface area contributed by atoms with E-state index in [9.17, 15) is 9.18 Å². The fraction of sp³-hybridized carbons (Fsp3) is 0.588. The van der Waals surface area contributed by atoms with E-state index in [1.165, 1.54) is 37.8 Å². The quantitative estimate of drug-likeness (QED) is 0.751. The first-order valence-electron chi connectivity index (χ1n) is 8.08. The van der Waals surface area contributed by atoms with Crippen molar-refractivity contribution in [1.29, 1.82) is 0 Å². The van der Waals surface area contributed by atoms with Crippen molar-refractivity contribution in [1.82, 2.24) is 10.2 Å². The van der Waals surface area contributed by atoms with Gasteiger partial charge in [0, 0.05) is 12.1 Å². The summed E-state index contributed by atoms with van der Waals surface area (Å²) in [5.74, 6) is 0.184. The summed E-state index contributed by atoms with van der Waals surface area (Å²) in [6, 6.07) is 6.56. The number of hydrogen-bond donors (Lipinski definition) is 1. The zero-order chi connectivity index (χ0) is 15.8. The van der Waals surface area contributed by atoms with E-state index >= 15 is 0 Å². The number of ether oxygens (including phenoxy) is 1. The van der Waals surface area contributed by atoms with Crippen LogP contribution in [0.3, 0.4) is 0 Å². The molecule has 1 aliphatic carbocycles. The van der Waals surface area contributed by atoms with Crippen molar-refractivity contribution >= 4 is 5.91 Å². The highest BCUT2D eigenvalue weighted by Crippen LogP contribution is 2.22. The minimum Gasteiger partial charge on any atom is -0.492 e. The summed E-state index contributed by atoms with van der Waals surface area (Å²) in [6.45, 7) is 4.21. The van der Waals surface area contributed by atoms with Gasteiger partial charge in [-0.05, 0) is 31.5 Å². The van der Waals surface area contributed by atoms with Crippen LogP contribution in [0, 0.1) is 5.82 Å². The maximum atomic E-state index is 13.0. The van der Waals surface area contributed by atoms with Gasteiger partial charge in [0.1, 0.15) is 18.2 Å². The van der Waals surface area contributed by atoms with Crippen molar-refractivity contribution in [3.8, 4) is 5.75 Å². The molecule has 1 fully saturated rings. The van der Waals surface area contributed by atoms with Gasteiger partial charge < -0.3 is 10.1 Å². The van der Waals surface area contributed by atoms with Crippen molar-refractivity contribution in [2.45, 2.75) is 38.6 Å². The Morgan fingerprint density at radius 3 is 2.86 bits per heavy atom. The number of amides is 1. The fourth-order valence-electron chi connectivity index (χ4n) is 2.92. The number of carbonyl (C=O) groups is 1. The standard InChI is InChI=1S/C17H25FN2O2/c1-2-20(15-7-3-4-8-15)13-17(21)19-10-11-22-16-9-5-6-14(18)12-16/h5-6,9,12,15H,2-4,7-8,10-11,13H2,1H3,(H,19,21). The third-order valence-electron chi connectivity index (χ3n) is 4.08. The molecule has 1 aromatic rings. The molecule has 0 aromatic heterocycles. The number of carbonyl (C=O) groups excluding carboxylic acids is 1. The lowest BCUT2D eigenvalue weighted by Crippen LogP contribution is -2.42. The van der Waals surface area contributed by atoms with Gasteiger partial charge >= 0.3 is 0 Å². The average molecular weight is 308 g/mol. The Kier molecular flexibility index (Phi) is 6.65.